The molecule has 1 aliphatic rings. The molecule has 1 aliphatic heterocycles. The predicted molar refractivity (Wildman–Crippen MR) is 130 cm³/mol. The fourth-order valence-corrected chi connectivity index (χ4v) is 5.17. The average Bonchev–Trinajstić information content (AvgIpc) is 2.73. The van der Waals surface area contributed by atoms with Gasteiger partial charge < -0.3 is 4.74 Å². The Hall–Kier alpha value is -2.87. The quantitative estimate of drug-likeness (QED) is 0.280. The molecule has 0 bridgehead atoms. The van der Waals surface area contributed by atoms with Gasteiger partial charge >= 0.3 is 0 Å². The van der Waals surface area contributed by atoms with Gasteiger partial charge in [0.1, 0.15) is 18.5 Å². The molecule has 158 valence electrons. The van der Waals surface area contributed by atoms with Crippen molar-refractivity contribution in [2.45, 2.75) is 53.9 Å². The van der Waals surface area contributed by atoms with E-state index in [1.165, 1.54) is 55.1 Å². The zero-order valence-corrected chi connectivity index (χ0v) is 19.8. The maximum Gasteiger partial charge on any atom is 0.228 e. The standard InChI is InChI=1S/C29H32NO/c1-16(2)12-20-8-9-23-19(6)29-26(18(5)24(23)13-20)28-27-21(10-11-30(28)7)14-22(17(3)4)15-25(27)31-29/h8-11,13-17H,12H2,1-7H3/q+1. The van der Waals surface area contributed by atoms with Gasteiger partial charge in [-0.25, -0.2) is 4.57 Å². The van der Waals surface area contributed by atoms with Crippen LogP contribution in [0.1, 0.15) is 55.9 Å². The van der Waals surface area contributed by atoms with Gasteiger partial charge in [-0.2, -0.15) is 0 Å². The lowest BCUT2D eigenvalue weighted by atomic mass is 9.87. The van der Waals surface area contributed by atoms with Crippen LogP contribution in [0, 0.1) is 19.8 Å². The zero-order valence-electron chi connectivity index (χ0n) is 19.8. The first-order valence-electron chi connectivity index (χ1n) is 11.5. The maximum atomic E-state index is 6.70. The highest BCUT2D eigenvalue weighted by Crippen LogP contribution is 2.50. The van der Waals surface area contributed by atoms with Crippen molar-refractivity contribution < 1.29 is 9.30 Å². The second-order valence-electron chi connectivity index (χ2n) is 9.95. The number of nitrogens with zero attached hydrogens (tertiary/aromatic N) is 1. The van der Waals surface area contributed by atoms with E-state index in [4.69, 9.17) is 4.74 Å². The molecule has 0 fully saturated rings. The largest absolute Gasteiger partial charge is 0.455 e. The van der Waals surface area contributed by atoms with Crippen LogP contribution >= 0.6 is 0 Å². The van der Waals surface area contributed by atoms with Crippen LogP contribution in [0.3, 0.4) is 0 Å². The molecule has 31 heavy (non-hydrogen) atoms. The average molecular weight is 411 g/mol. The van der Waals surface area contributed by atoms with E-state index < -0.39 is 0 Å². The van der Waals surface area contributed by atoms with Crippen molar-refractivity contribution in [3.63, 3.8) is 0 Å². The van der Waals surface area contributed by atoms with Crippen LogP contribution in [0.25, 0.3) is 32.8 Å². The van der Waals surface area contributed by atoms with Crippen molar-refractivity contribution in [1.82, 2.24) is 0 Å². The highest BCUT2D eigenvalue weighted by atomic mass is 16.5. The van der Waals surface area contributed by atoms with Gasteiger partial charge in [0.15, 0.2) is 6.20 Å². The number of hydrogen-bond donors (Lipinski definition) is 0. The molecule has 4 aromatic rings. The summed E-state index contributed by atoms with van der Waals surface area (Å²) >= 11 is 0. The van der Waals surface area contributed by atoms with Gasteiger partial charge in [-0.05, 0) is 71.0 Å². The summed E-state index contributed by atoms with van der Waals surface area (Å²) in [4.78, 5) is 0. The normalized spacial score (nSPS) is 12.7. The molecule has 1 aromatic heterocycles. The van der Waals surface area contributed by atoms with E-state index >= 15 is 0 Å². The second kappa shape index (κ2) is 7.09. The monoisotopic (exact) mass is 410 g/mol. The van der Waals surface area contributed by atoms with Crippen LogP contribution in [0.5, 0.6) is 11.5 Å². The molecule has 0 amide bonds. The Labute approximate surface area is 185 Å². The number of benzene rings is 3. The van der Waals surface area contributed by atoms with Crippen LogP contribution in [0.15, 0.2) is 42.6 Å². The number of aryl methyl sites for hydroxylation is 3. The van der Waals surface area contributed by atoms with Gasteiger partial charge in [-0.3, -0.25) is 0 Å². The van der Waals surface area contributed by atoms with Gasteiger partial charge in [0.05, 0.1) is 10.9 Å². The molecule has 5 rings (SSSR count). The summed E-state index contributed by atoms with van der Waals surface area (Å²) in [5.74, 6) is 3.10. The molecule has 2 nitrogen and oxygen atoms in total. The van der Waals surface area contributed by atoms with Crippen molar-refractivity contribution in [3.05, 3.63) is 64.8 Å². The molecule has 0 aliphatic carbocycles. The predicted octanol–water partition coefficient (Wildman–Crippen LogP) is 7.53. The van der Waals surface area contributed by atoms with Crippen LogP contribution in [0.2, 0.25) is 0 Å². The molecule has 0 radical (unpaired) electrons. The summed E-state index contributed by atoms with van der Waals surface area (Å²) < 4.78 is 8.96. The summed E-state index contributed by atoms with van der Waals surface area (Å²) in [6.07, 6.45) is 3.29. The van der Waals surface area contributed by atoms with E-state index in [0.717, 1.165) is 17.9 Å². The highest BCUT2D eigenvalue weighted by Gasteiger charge is 2.32. The lowest BCUT2D eigenvalue weighted by Crippen LogP contribution is -2.32. The van der Waals surface area contributed by atoms with Crippen LogP contribution in [-0.4, -0.2) is 0 Å². The number of rotatable bonds is 3. The number of hydrogen-bond acceptors (Lipinski definition) is 1. The number of aromatic nitrogens is 1. The summed E-state index contributed by atoms with van der Waals surface area (Å²) in [6, 6.07) is 13.8. The first kappa shape index (κ1) is 20.1. The van der Waals surface area contributed by atoms with E-state index in [1.807, 2.05) is 0 Å². The Morgan fingerprint density at radius 2 is 1.68 bits per heavy atom. The zero-order chi connectivity index (χ0) is 22.0. The van der Waals surface area contributed by atoms with Crippen molar-refractivity contribution >= 4 is 21.5 Å². The van der Waals surface area contributed by atoms with E-state index in [1.54, 1.807) is 0 Å². The van der Waals surface area contributed by atoms with Gasteiger partial charge in [-0.15, -0.1) is 0 Å². The molecule has 0 saturated heterocycles. The Morgan fingerprint density at radius 1 is 0.903 bits per heavy atom. The molecule has 3 aromatic carbocycles. The summed E-state index contributed by atoms with van der Waals surface area (Å²) in [7, 11) is 2.15. The Kier molecular flexibility index (Phi) is 4.58. The minimum atomic E-state index is 0.460. The molecule has 0 unspecified atom stereocenters. The fourth-order valence-electron chi connectivity index (χ4n) is 5.17. The topological polar surface area (TPSA) is 13.1 Å². The fraction of sp³-hybridized carbons (Fsp3) is 0.345. The summed E-state index contributed by atoms with van der Waals surface area (Å²) in [5, 5.41) is 5.12. The third kappa shape index (κ3) is 3.04. The molecule has 0 saturated carbocycles. The molecule has 0 N–H and O–H groups in total. The molecular formula is C29H32NO+. The van der Waals surface area contributed by atoms with Crippen LogP contribution in [0.4, 0.5) is 0 Å². The van der Waals surface area contributed by atoms with Crippen LogP contribution in [-0.2, 0) is 13.5 Å². The van der Waals surface area contributed by atoms with Gasteiger partial charge in [0.25, 0.3) is 0 Å². The first-order valence-corrected chi connectivity index (χ1v) is 11.5. The van der Waals surface area contributed by atoms with Crippen LogP contribution < -0.4 is 9.30 Å². The molecular weight excluding hydrogens is 378 g/mol. The van der Waals surface area contributed by atoms with Gasteiger partial charge in [0.2, 0.25) is 5.69 Å². The number of pyridine rings is 1. The summed E-state index contributed by atoms with van der Waals surface area (Å²) in [5.41, 5.74) is 7.77. The first-order chi connectivity index (χ1) is 14.8. The number of fused-ring (bicyclic) bond motifs is 3. The van der Waals surface area contributed by atoms with Gasteiger partial charge in [0, 0.05) is 11.6 Å². The summed E-state index contributed by atoms with van der Waals surface area (Å²) in [6.45, 7) is 13.5. The molecule has 0 spiro atoms. The molecule has 0 atom stereocenters. The van der Waals surface area contributed by atoms with Crippen molar-refractivity contribution in [2.75, 3.05) is 0 Å². The van der Waals surface area contributed by atoms with E-state index in [-0.39, 0.29) is 0 Å². The van der Waals surface area contributed by atoms with Crippen molar-refractivity contribution in [3.8, 4) is 22.8 Å². The number of ether oxygens (including phenoxy) is 1. The van der Waals surface area contributed by atoms with E-state index in [2.05, 4.69) is 95.8 Å². The SMILES string of the molecule is Cc1c2c(c(C)c3cc(CC(C)C)ccc13)-c1c3c(cc(C(C)C)cc3cc[n+]1C)O2. The van der Waals surface area contributed by atoms with E-state index in [0.29, 0.717) is 11.8 Å². The Balaban J connectivity index is 1.87. The second-order valence-corrected chi connectivity index (χ2v) is 9.95. The van der Waals surface area contributed by atoms with Gasteiger partial charge in [-0.1, -0.05) is 52.0 Å². The van der Waals surface area contributed by atoms with Crippen molar-refractivity contribution in [1.29, 1.82) is 0 Å². The van der Waals surface area contributed by atoms with E-state index in [9.17, 15) is 0 Å². The third-order valence-corrected chi connectivity index (χ3v) is 6.82. The lowest BCUT2D eigenvalue weighted by Gasteiger charge is -2.25. The maximum absolute atomic E-state index is 6.70. The minimum absolute atomic E-state index is 0.460. The Bertz CT molecular complexity index is 1360. The molecule has 2 heterocycles. The molecule has 2 heteroatoms. The minimum Gasteiger partial charge on any atom is -0.455 e. The lowest BCUT2D eigenvalue weighted by molar-refractivity contribution is -0.659. The third-order valence-electron chi connectivity index (χ3n) is 6.82. The highest BCUT2D eigenvalue weighted by molar-refractivity contribution is 6.06. The Morgan fingerprint density at radius 3 is 2.39 bits per heavy atom. The smallest absolute Gasteiger partial charge is 0.228 e. The van der Waals surface area contributed by atoms with Crippen molar-refractivity contribution in [2.24, 2.45) is 13.0 Å².